The van der Waals surface area contributed by atoms with Crippen molar-refractivity contribution in [1.29, 1.82) is 5.26 Å². The fraction of sp³-hybridized carbons (Fsp3) is 0.706. The third kappa shape index (κ3) is 6.07. The van der Waals surface area contributed by atoms with Gasteiger partial charge in [0.2, 0.25) is 17.7 Å². The molecular formula is C17H22F3N5O4. The fourth-order valence-electron chi connectivity index (χ4n) is 3.45. The first-order valence-electron chi connectivity index (χ1n) is 9.25. The zero-order valence-corrected chi connectivity index (χ0v) is 15.6. The third-order valence-corrected chi connectivity index (χ3v) is 4.93. The van der Waals surface area contributed by atoms with Gasteiger partial charge in [0.25, 0.3) is 0 Å². The second-order valence-electron chi connectivity index (χ2n) is 6.98. The van der Waals surface area contributed by atoms with Crippen molar-refractivity contribution in [1.82, 2.24) is 20.9 Å². The van der Waals surface area contributed by atoms with E-state index in [9.17, 15) is 37.6 Å². The predicted molar refractivity (Wildman–Crippen MR) is 91.7 cm³/mol. The number of nitrogens with one attached hydrogen (secondary N) is 3. The second-order valence-corrected chi connectivity index (χ2v) is 6.98. The Morgan fingerprint density at radius 1 is 1.28 bits per heavy atom. The lowest BCUT2D eigenvalue weighted by Crippen LogP contribution is -2.52. The monoisotopic (exact) mass is 417 g/mol. The minimum absolute atomic E-state index is 0.135. The third-order valence-electron chi connectivity index (χ3n) is 4.93. The molecule has 2 heterocycles. The summed E-state index contributed by atoms with van der Waals surface area (Å²) in [7, 11) is 0. The number of likely N-dealkylation sites (tertiary alicyclic amines) is 1. The van der Waals surface area contributed by atoms with Crippen LogP contribution in [0.15, 0.2) is 0 Å². The molecule has 2 aliphatic rings. The van der Waals surface area contributed by atoms with E-state index < -0.39 is 48.4 Å². The molecule has 0 aromatic heterocycles. The number of piperidine rings is 1. The highest BCUT2D eigenvalue weighted by atomic mass is 19.4. The van der Waals surface area contributed by atoms with E-state index in [-0.39, 0.29) is 25.3 Å². The van der Waals surface area contributed by atoms with Crippen molar-refractivity contribution in [3.05, 3.63) is 0 Å². The molecule has 160 valence electrons. The van der Waals surface area contributed by atoms with Crippen molar-refractivity contribution in [2.24, 2.45) is 5.92 Å². The highest BCUT2D eigenvalue weighted by Gasteiger charge is 2.40. The molecular weight excluding hydrogens is 395 g/mol. The molecule has 2 fully saturated rings. The Labute approximate surface area is 165 Å². The molecule has 0 aliphatic carbocycles. The molecule has 9 nitrogen and oxygen atoms in total. The van der Waals surface area contributed by atoms with Gasteiger partial charge in [0.15, 0.2) is 0 Å². The van der Waals surface area contributed by atoms with Crippen LogP contribution >= 0.6 is 0 Å². The van der Waals surface area contributed by atoms with Crippen LogP contribution in [0.2, 0.25) is 0 Å². The van der Waals surface area contributed by atoms with Gasteiger partial charge in [0, 0.05) is 19.0 Å². The van der Waals surface area contributed by atoms with Gasteiger partial charge < -0.3 is 20.9 Å². The second kappa shape index (κ2) is 9.58. The van der Waals surface area contributed by atoms with Crippen LogP contribution in [0.3, 0.4) is 0 Å². The SMILES string of the molecule is N#CC(CC1CCCNC1=O)NC(=O)C1CCCN1C(=O)CNC(=O)C(F)(F)F. The summed E-state index contributed by atoms with van der Waals surface area (Å²) in [6.07, 6.45) is -2.85. The van der Waals surface area contributed by atoms with E-state index in [0.717, 1.165) is 11.3 Å². The van der Waals surface area contributed by atoms with Gasteiger partial charge in [-0.3, -0.25) is 19.2 Å². The van der Waals surface area contributed by atoms with E-state index in [1.165, 1.54) is 5.32 Å². The first kappa shape index (κ1) is 22.4. The number of alkyl halides is 3. The van der Waals surface area contributed by atoms with Gasteiger partial charge in [0.05, 0.1) is 12.6 Å². The minimum atomic E-state index is -5.10. The van der Waals surface area contributed by atoms with E-state index in [1.807, 2.05) is 6.07 Å². The summed E-state index contributed by atoms with van der Waals surface area (Å²) >= 11 is 0. The van der Waals surface area contributed by atoms with E-state index in [4.69, 9.17) is 0 Å². The lowest BCUT2D eigenvalue weighted by molar-refractivity contribution is -0.174. The molecule has 0 radical (unpaired) electrons. The maximum Gasteiger partial charge on any atom is 0.471 e. The molecule has 3 atom stereocenters. The van der Waals surface area contributed by atoms with Crippen molar-refractivity contribution in [3.8, 4) is 6.07 Å². The first-order chi connectivity index (χ1) is 13.6. The highest BCUT2D eigenvalue weighted by Crippen LogP contribution is 2.20. The first-order valence-corrected chi connectivity index (χ1v) is 9.25. The smallest absolute Gasteiger partial charge is 0.356 e. The summed E-state index contributed by atoms with van der Waals surface area (Å²) in [5.41, 5.74) is 0. The quantitative estimate of drug-likeness (QED) is 0.540. The van der Waals surface area contributed by atoms with Crippen molar-refractivity contribution >= 4 is 23.6 Å². The van der Waals surface area contributed by atoms with Crippen LogP contribution in [-0.2, 0) is 19.2 Å². The van der Waals surface area contributed by atoms with E-state index >= 15 is 0 Å². The largest absolute Gasteiger partial charge is 0.471 e. The lowest BCUT2D eigenvalue weighted by Gasteiger charge is -2.27. The van der Waals surface area contributed by atoms with Gasteiger partial charge >= 0.3 is 12.1 Å². The Hall–Kier alpha value is -2.84. The Kier molecular flexibility index (Phi) is 7.41. The molecule has 0 spiro atoms. The number of rotatable bonds is 6. The number of carbonyl (C=O) groups excluding carboxylic acids is 4. The molecule has 2 saturated heterocycles. The molecule has 12 heteroatoms. The van der Waals surface area contributed by atoms with Crippen molar-refractivity contribution in [3.63, 3.8) is 0 Å². The number of hydrogen-bond donors (Lipinski definition) is 3. The molecule has 0 bridgehead atoms. The molecule has 0 aromatic rings. The van der Waals surface area contributed by atoms with Crippen LogP contribution in [0, 0.1) is 17.2 Å². The molecule has 0 aromatic carbocycles. The van der Waals surface area contributed by atoms with E-state index in [0.29, 0.717) is 19.4 Å². The fourth-order valence-corrected chi connectivity index (χ4v) is 3.45. The summed E-state index contributed by atoms with van der Waals surface area (Å²) in [5.74, 6) is -4.24. The van der Waals surface area contributed by atoms with Gasteiger partial charge in [-0.05, 0) is 32.1 Å². The van der Waals surface area contributed by atoms with Crippen molar-refractivity contribution in [2.75, 3.05) is 19.6 Å². The zero-order chi connectivity index (χ0) is 21.6. The van der Waals surface area contributed by atoms with Gasteiger partial charge in [0.1, 0.15) is 12.1 Å². The maximum absolute atomic E-state index is 12.5. The number of nitriles is 1. The van der Waals surface area contributed by atoms with E-state index in [1.54, 1.807) is 0 Å². The van der Waals surface area contributed by atoms with Crippen LogP contribution in [0.25, 0.3) is 0 Å². The number of halogens is 3. The van der Waals surface area contributed by atoms with E-state index in [2.05, 4.69) is 10.6 Å². The Morgan fingerprint density at radius 2 is 2.00 bits per heavy atom. The molecule has 2 rings (SSSR count). The number of nitrogens with zero attached hydrogens (tertiary/aromatic N) is 2. The Morgan fingerprint density at radius 3 is 2.62 bits per heavy atom. The lowest BCUT2D eigenvalue weighted by atomic mass is 9.92. The average Bonchev–Trinajstić information content (AvgIpc) is 3.16. The van der Waals surface area contributed by atoms with Crippen molar-refractivity contribution < 1.29 is 32.3 Å². The number of amides is 4. The van der Waals surface area contributed by atoms with Crippen LogP contribution in [-0.4, -0.2) is 66.4 Å². The summed E-state index contributed by atoms with van der Waals surface area (Å²) < 4.78 is 36.7. The zero-order valence-electron chi connectivity index (χ0n) is 15.6. The maximum atomic E-state index is 12.5. The van der Waals surface area contributed by atoms with Crippen LogP contribution < -0.4 is 16.0 Å². The predicted octanol–water partition coefficient (Wildman–Crippen LogP) is -0.419. The Balaban J connectivity index is 1.91. The summed E-state index contributed by atoms with van der Waals surface area (Å²) in [6, 6.07) is 0.0528. The highest BCUT2D eigenvalue weighted by molar-refractivity contribution is 5.91. The molecule has 0 saturated carbocycles. The summed E-state index contributed by atoms with van der Waals surface area (Å²) in [5, 5.41) is 16.0. The van der Waals surface area contributed by atoms with Crippen LogP contribution in [0.1, 0.15) is 32.1 Å². The molecule has 29 heavy (non-hydrogen) atoms. The van der Waals surface area contributed by atoms with Crippen LogP contribution in [0.4, 0.5) is 13.2 Å². The number of carbonyl (C=O) groups is 4. The summed E-state index contributed by atoms with van der Waals surface area (Å²) in [6.45, 7) is -0.157. The molecule has 3 N–H and O–H groups in total. The van der Waals surface area contributed by atoms with Crippen molar-refractivity contribution in [2.45, 2.75) is 50.4 Å². The standard InChI is InChI=1S/C17H22F3N5O4/c18-17(19,20)16(29)23-9-13(26)25-6-2-4-12(25)15(28)24-11(8-21)7-10-3-1-5-22-14(10)27/h10-12H,1-7,9H2,(H,22,27)(H,23,29)(H,24,28). The van der Waals surface area contributed by atoms with Gasteiger partial charge in [-0.15, -0.1) is 0 Å². The summed E-state index contributed by atoms with van der Waals surface area (Å²) in [4.78, 5) is 48.4. The van der Waals surface area contributed by atoms with Gasteiger partial charge in [-0.25, -0.2) is 0 Å². The molecule has 2 aliphatic heterocycles. The number of hydrogen-bond acceptors (Lipinski definition) is 5. The normalized spacial score (nSPS) is 23.0. The van der Waals surface area contributed by atoms with Gasteiger partial charge in [-0.1, -0.05) is 0 Å². The topological polar surface area (TPSA) is 131 Å². The Bertz CT molecular complexity index is 706. The average molecular weight is 417 g/mol. The van der Waals surface area contributed by atoms with Gasteiger partial charge in [-0.2, -0.15) is 18.4 Å². The molecule has 4 amide bonds. The molecule has 3 unspecified atom stereocenters. The minimum Gasteiger partial charge on any atom is -0.356 e. The van der Waals surface area contributed by atoms with Crippen LogP contribution in [0.5, 0.6) is 0 Å².